The SMILES string of the molecule is COc1cc(NC(=O)NC(C)(C)c2ccc(Cl)cc2)cc(OC)c1OC. The Balaban J connectivity index is 2.17. The van der Waals surface area contributed by atoms with Crippen molar-refractivity contribution in [2.45, 2.75) is 19.4 Å². The smallest absolute Gasteiger partial charge is 0.319 e. The number of anilines is 1. The van der Waals surface area contributed by atoms with Gasteiger partial charge in [0.15, 0.2) is 11.5 Å². The standard InChI is InChI=1S/C19H23ClN2O4/c1-19(2,12-6-8-13(20)9-7-12)22-18(23)21-14-10-15(24-3)17(26-5)16(11-14)25-4/h6-11H,1-5H3,(H2,21,22,23). The molecule has 0 aliphatic heterocycles. The maximum Gasteiger partial charge on any atom is 0.319 e. The van der Waals surface area contributed by atoms with E-state index in [1.165, 1.54) is 21.3 Å². The van der Waals surface area contributed by atoms with Crippen molar-refractivity contribution in [1.29, 1.82) is 0 Å². The second-order valence-corrected chi connectivity index (χ2v) is 6.56. The molecule has 0 aliphatic rings. The van der Waals surface area contributed by atoms with Crippen LogP contribution in [0.1, 0.15) is 19.4 Å². The van der Waals surface area contributed by atoms with E-state index < -0.39 is 5.54 Å². The van der Waals surface area contributed by atoms with Gasteiger partial charge in [-0.15, -0.1) is 0 Å². The van der Waals surface area contributed by atoms with Crippen LogP contribution in [0.4, 0.5) is 10.5 Å². The van der Waals surface area contributed by atoms with Gasteiger partial charge in [0.2, 0.25) is 5.75 Å². The molecule has 0 aliphatic carbocycles. The van der Waals surface area contributed by atoms with Gasteiger partial charge in [0.25, 0.3) is 0 Å². The third-order valence-electron chi connectivity index (χ3n) is 3.91. The number of rotatable bonds is 6. The van der Waals surface area contributed by atoms with Gasteiger partial charge in [-0.3, -0.25) is 0 Å². The van der Waals surface area contributed by atoms with Crippen molar-refractivity contribution in [1.82, 2.24) is 5.32 Å². The molecule has 0 heterocycles. The quantitative estimate of drug-likeness (QED) is 0.780. The third kappa shape index (κ3) is 4.52. The van der Waals surface area contributed by atoms with E-state index >= 15 is 0 Å². The van der Waals surface area contributed by atoms with Crippen LogP contribution in [0.5, 0.6) is 17.2 Å². The summed E-state index contributed by atoms with van der Waals surface area (Å²) in [5, 5.41) is 6.37. The number of carbonyl (C=O) groups excluding carboxylic acids is 1. The average Bonchev–Trinajstić information content (AvgIpc) is 2.60. The Bertz CT molecular complexity index is 751. The van der Waals surface area contributed by atoms with Gasteiger partial charge in [-0.1, -0.05) is 23.7 Å². The number of carbonyl (C=O) groups is 1. The fourth-order valence-electron chi connectivity index (χ4n) is 2.54. The minimum absolute atomic E-state index is 0.362. The Morgan fingerprint density at radius 3 is 1.96 bits per heavy atom. The zero-order valence-corrected chi connectivity index (χ0v) is 16.2. The summed E-state index contributed by atoms with van der Waals surface area (Å²) in [4.78, 5) is 12.5. The topological polar surface area (TPSA) is 68.8 Å². The number of hydrogen-bond acceptors (Lipinski definition) is 4. The summed E-state index contributed by atoms with van der Waals surface area (Å²) < 4.78 is 15.9. The van der Waals surface area contributed by atoms with Crippen molar-refractivity contribution in [3.8, 4) is 17.2 Å². The molecule has 2 aromatic rings. The number of halogens is 1. The minimum Gasteiger partial charge on any atom is -0.493 e. The number of benzene rings is 2. The first kappa shape index (κ1) is 19.7. The molecular formula is C19H23ClN2O4. The van der Waals surface area contributed by atoms with Crippen molar-refractivity contribution in [2.75, 3.05) is 26.6 Å². The summed E-state index contributed by atoms with van der Waals surface area (Å²) >= 11 is 5.92. The first-order chi connectivity index (χ1) is 12.3. The van der Waals surface area contributed by atoms with Crippen LogP contribution < -0.4 is 24.8 Å². The van der Waals surface area contributed by atoms with Crippen molar-refractivity contribution in [3.05, 3.63) is 47.0 Å². The summed E-state index contributed by atoms with van der Waals surface area (Å²) in [6, 6.07) is 10.3. The third-order valence-corrected chi connectivity index (χ3v) is 4.17. The molecule has 0 unspecified atom stereocenters. The van der Waals surface area contributed by atoms with E-state index in [0.29, 0.717) is 28.0 Å². The zero-order chi connectivity index (χ0) is 19.3. The Morgan fingerprint density at radius 2 is 1.50 bits per heavy atom. The van der Waals surface area contributed by atoms with Gasteiger partial charge in [0.05, 0.1) is 32.6 Å². The second-order valence-electron chi connectivity index (χ2n) is 6.13. The van der Waals surface area contributed by atoms with E-state index in [4.69, 9.17) is 25.8 Å². The molecule has 140 valence electrons. The lowest BCUT2D eigenvalue weighted by Crippen LogP contribution is -2.43. The van der Waals surface area contributed by atoms with Crippen LogP contribution in [0.25, 0.3) is 0 Å². The van der Waals surface area contributed by atoms with E-state index in [1.54, 1.807) is 24.3 Å². The van der Waals surface area contributed by atoms with Crippen LogP contribution in [-0.2, 0) is 5.54 Å². The molecule has 2 N–H and O–H groups in total. The molecule has 26 heavy (non-hydrogen) atoms. The highest BCUT2D eigenvalue weighted by Gasteiger charge is 2.23. The summed E-state index contributed by atoms with van der Waals surface area (Å²) in [5.41, 5.74) is 0.862. The van der Waals surface area contributed by atoms with Crippen molar-refractivity contribution in [2.24, 2.45) is 0 Å². The predicted octanol–water partition coefficient (Wildman–Crippen LogP) is 4.42. The van der Waals surface area contributed by atoms with E-state index in [9.17, 15) is 4.79 Å². The normalized spacial score (nSPS) is 10.8. The van der Waals surface area contributed by atoms with Crippen molar-refractivity contribution < 1.29 is 19.0 Å². The molecule has 0 saturated heterocycles. The zero-order valence-electron chi connectivity index (χ0n) is 15.5. The Morgan fingerprint density at radius 1 is 0.962 bits per heavy atom. The van der Waals surface area contributed by atoms with E-state index in [-0.39, 0.29) is 6.03 Å². The Kier molecular flexibility index (Phi) is 6.21. The predicted molar refractivity (Wildman–Crippen MR) is 103 cm³/mol. The molecule has 2 rings (SSSR count). The van der Waals surface area contributed by atoms with E-state index in [2.05, 4.69) is 10.6 Å². The fraction of sp³-hybridized carbons (Fsp3) is 0.316. The fourth-order valence-corrected chi connectivity index (χ4v) is 2.66. The highest BCUT2D eigenvalue weighted by atomic mass is 35.5. The number of hydrogen-bond donors (Lipinski definition) is 2. The van der Waals surface area contributed by atoms with Gasteiger partial charge < -0.3 is 24.8 Å². The van der Waals surface area contributed by atoms with E-state index in [0.717, 1.165) is 5.56 Å². The highest BCUT2D eigenvalue weighted by molar-refractivity contribution is 6.30. The molecule has 0 atom stereocenters. The van der Waals surface area contributed by atoms with Gasteiger partial charge in [-0.25, -0.2) is 4.79 Å². The molecule has 0 aromatic heterocycles. The van der Waals surface area contributed by atoms with Crippen LogP contribution >= 0.6 is 11.6 Å². The number of ether oxygens (including phenoxy) is 3. The lowest BCUT2D eigenvalue weighted by Gasteiger charge is -2.27. The molecule has 0 saturated carbocycles. The highest BCUT2D eigenvalue weighted by Crippen LogP contribution is 2.39. The molecule has 2 amide bonds. The first-order valence-corrected chi connectivity index (χ1v) is 8.33. The van der Waals surface area contributed by atoms with Crippen LogP contribution in [0.15, 0.2) is 36.4 Å². The summed E-state index contributed by atoms with van der Waals surface area (Å²) in [5.74, 6) is 1.38. The molecule has 0 radical (unpaired) electrons. The van der Waals surface area contributed by atoms with Gasteiger partial charge >= 0.3 is 6.03 Å². The maximum absolute atomic E-state index is 12.5. The summed E-state index contributed by atoms with van der Waals surface area (Å²) in [6.45, 7) is 3.82. The molecular weight excluding hydrogens is 356 g/mol. The van der Waals surface area contributed by atoms with Crippen LogP contribution in [0, 0.1) is 0 Å². The summed E-state index contributed by atoms with van der Waals surface area (Å²) in [7, 11) is 4.56. The number of amides is 2. The monoisotopic (exact) mass is 378 g/mol. The van der Waals surface area contributed by atoms with E-state index in [1.807, 2.05) is 26.0 Å². The average molecular weight is 379 g/mol. The number of nitrogens with one attached hydrogen (secondary N) is 2. The van der Waals surface area contributed by atoms with Crippen molar-refractivity contribution in [3.63, 3.8) is 0 Å². The lowest BCUT2D eigenvalue weighted by atomic mass is 9.94. The Hall–Kier alpha value is -2.60. The lowest BCUT2D eigenvalue weighted by molar-refractivity contribution is 0.242. The number of methoxy groups -OCH3 is 3. The van der Waals surface area contributed by atoms with Crippen LogP contribution in [0.3, 0.4) is 0 Å². The second kappa shape index (κ2) is 8.19. The molecule has 2 aromatic carbocycles. The van der Waals surface area contributed by atoms with Gasteiger partial charge in [-0.2, -0.15) is 0 Å². The first-order valence-electron chi connectivity index (χ1n) is 7.96. The van der Waals surface area contributed by atoms with Crippen LogP contribution in [-0.4, -0.2) is 27.4 Å². The molecule has 0 fully saturated rings. The number of urea groups is 1. The van der Waals surface area contributed by atoms with Crippen molar-refractivity contribution >= 4 is 23.3 Å². The summed E-state index contributed by atoms with van der Waals surface area (Å²) in [6.07, 6.45) is 0. The maximum atomic E-state index is 12.5. The molecule has 7 heteroatoms. The molecule has 0 bridgehead atoms. The van der Waals surface area contributed by atoms with Gasteiger partial charge in [0.1, 0.15) is 0 Å². The largest absolute Gasteiger partial charge is 0.493 e. The van der Waals surface area contributed by atoms with Gasteiger partial charge in [-0.05, 0) is 31.5 Å². The van der Waals surface area contributed by atoms with Gasteiger partial charge in [0, 0.05) is 17.2 Å². The van der Waals surface area contributed by atoms with Crippen LogP contribution in [0.2, 0.25) is 5.02 Å². The molecule has 6 nitrogen and oxygen atoms in total. The Labute approximate surface area is 158 Å². The minimum atomic E-state index is -0.588. The molecule has 0 spiro atoms.